The third-order valence-corrected chi connectivity index (χ3v) is 4.53. The number of sulfone groups is 1. The number of fused-ring (bicyclic) bond motifs is 1. The van der Waals surface area contributed by atoms with E-state index in [2.05, 4.69) is 6.07 Å². The molecule has 1 atom stereocenters. The molecular weight excluding hydrogens is 238 g/mol. The SMILES string of the molecule is CN(C)CCOC1CS(=O)(=O)c2c[c]ccc21. The van der Waals surface area contributed by atoms with Crippen molar-refractivity contribution in [1.82, 2.24) is 4.90 Å². The van der Waals surface area contributed by atoms with Crippen LogP contribution in [0, 0.1) is 6.07 Å². The van der Waals surface area contributed by atoms with Gasteiger partial charge in [-0.25, -0.2) is 8.42 Å². The first-order chi connectivity index (χ1) is 8.00. The summed E-state index contributed by atoms with van der Waals surface area (Å²) < 4.78 is 29.3. The molecule has 1 aliphatic heterocycles. The number of hydrogen-bond acceptors (Lipinski definition) is 4. The van der Waals surface area contributed by atoms with Gasteiger partial charge in [-0.2, -0.15) is 0 Å². The standard InChI is InChI=1S/C12H16NO3S/c1-13(2)7-8-16-11-9-17(14,15)12-6-4-3-5-10(11)12/h3,5-6,11H,7-9H2,1-2H3. The molecule has 0 aliphatic carbocycles. The highest BCUT2D eigenvalue weighted by atomic mass is 32.2. The lowest BCUT2D eigenvalue weighted by Gasteiger charge is -2.14. The van der Waals surface area contributed by atoms with Crippen LogP contribution < -0.4 is 0 Å². The van der Waals surface area contributed by atoms with Crippen LogP contribution in [0.1, 0.15) is 11.7 Å². The second-order valence-corrected chi connectivity index (χ2v) is 6.41. The molecule has 17 heavy (non-hydrogen) atoms. The van der Waals surface area contributed by atoms with Gasteiger partial charge >= 0.3 is 0 Å². The molecule has 0 bridgehead atoms. The lowest BCUT2D eigenvalue weighted by atomic mass is 10.1. The molecule has 0 spiro atoms. The highest BCUT2D eigenvalue weighted by Crippen LogP contribution is 2.35. The van der Waals surface area contributed by atoms with Crippen molar-refractivity contribution in [2.45, 2.75) is 11.0 Å². The van der Waals surface area contributed by atoms with E-state index in [0.717, 1.165) is 12.1 Å². The number of ether oxygens (including phenoxy) is 1. The molecule has 1 aromatic rings. The predicted octanol–water partition coefficient (Wildman–Crippen LogP) is 0.893. The van der Waals surface area contributed by atoms with Crippen molar-refractivity contribution in [3.63, 3.8) is 0 Å². The first kappa shape index (κ1) is 12.5. The largest absolute Gasteiger partial charge is 0.371 e. The number of likely N-dealkylation sites (N-methyl/N-ethyl adjacent to an activating group) is 1. The Labute approximate surface area is 102 Å². The molecule has 1 aromatic carbocycles. The molecule has 93 valence electrons. The molecule has 1 aliphatic rings. The average molecular weight is 254 g/mol. The van der Waals surface area contributed by atoms with E-state index >= 15 is 0 Å². The summed E-state index contributed by atoms with van der Waals surface area (Å²) in [4.78, 5) is 2.37. The van der Waals surface area contributed by atoms with E-state index in [1.807, 2.05) is 19.0 Å². The normalized spacial score (nSPS) is 21.7. The Balaban J connectivity index is 2.13. The summed E-state index contributed by atoms with van der Waals surface area (Å²) in [5, 5.41) is 0. The van der Waals surface area contributed by atoms with Gasteiger partial charge in [0.05, 0.1) is 23.4 Å². The minimum atomic E-state index is -3.18. The summed E-state index contributed by atoms with van der Waals surface area (Å²) in [5.74, 6) is 0.0492. The van der Waals surface area contributed by atoms with Crippen LogP contribution in [-0.4, -0.2) is 46.3 Å². The van der Waals surface area contributed by atoms with Gasteiger partial charge in [0.1, 0.15) is 0 Å². The van der Waals surface area contributed by atoms with E-state index in [1.165, 1.54) is 6.07 Å². The first-order valence-corrected chi connectivity index (χ1v) is 7.15. The highest BCUT2D eigenvalue weighted by molar-refractivity contribution is 7.91. The smallest absolute Gasteiger partial charge is 0.181 e. The highest BCUT2D eigenvalue weighted by Gasteiger charge is 2.34. The van der Waals surface area contributed by atoms with E-state index in [9.17, 15) is 8.42 Å². The Morgan fingerprint density at radius 2 is 2.29 bits per heavy atom. The van der Waals surface area contributed by atoms with Crippen LogP contribution in [0.4, 0.5) is 0 Å². The minimum Gasteiger partial charge on any atom is -0.371 e. The molecule has 1 radical (unpaired) electrons. The zero-order valence-electron chi connectivity index (χ0n) is 10.0. The van der Waals surface area contributed by atoms with Gasteiger partial charge in [0.25, 0.3) is 0 Å². The molecule has 0 N–H and O–H groups in total. The lowest BCUT2D eigenvalue weighted by Crippen LogP contribution is -2.20. The lowest BCUT2D eigenvalue weighted by molar-refractivity contribution is 0.0587. The van der Waals surface area contributed by atoms with Gasteiger partial charge < -0.3 is 9.64 Å². The molecule has 1 unspecified atom stereocenters. The Bertz CT molecular complexity index is 496. The van der Waals surface area contributed by atoms with E-state index in [-0.39, 0.29) is 11.9 Å². The van der Waals surface area contributed by atoms with E-state index in [0.29, 0.717) is 11.5 Å². The van der Waals surface area contributed by atoms with Gasteiger partial charge in [0.2, 0.25) is 0 Å². The van der Waals surface area contributed by atoms with Gasteiger partial charge in [-0.05, 0) is 26.2 Å². The van der Waals surface area contributed by atoms with Crippen molar-refractivity contribution in [2.24, 2.45) is 0 Å². The van der Waals surface area contributed by atoms with Crippen molar-refractivity contribution in [2.75, 3.05) is 33.0 Å². The van der Waals surface area contributed by atoms with Crippen molar-refractivity contribution in [3.8, 4) is 0 Å². The van der Waals surface area contributed by atoms with E-state index < -0.39 is 9.84 Å². The van der Waals surface area contributed by atoms with Gasteiger partial charge in [0.15, 0.2) is 9.84 Å². The molecule has 1 heterocycles. The molecular formula is C12H16NO3S. The van der Waals surface area contributed by atoms with Crippen LogP contribution in [0.25, 0.3) is 0 Å². The van der Waals surface area contributed by atoms with Gasteiger partial charge in [-0.3, -0.25) is 0 Å². The quantitative estimate of drug-likeness (QED) is 0.800. The maximum Gasteiger partial charge on any atom is 0.181 e. The molecule has 4 nitrogen and oxygen atoms in total. The van der Waals surface area contributed by atoms with Gasteiger partial charge in [-0.15, -0.1) is 0 Å². The second-order valence-electron chi connectivity index (χ2n) is 4.41. The monoisotopic (exact) mass is 254 g/mol. The molecule has 0 saturated heterocycles. The molecule has 0 aromatic heterocycles. The molecule has 5 heteroatoms. The van der Waals surface area contributed by atoms with E-state index in [1.54, 1.807) is 12.1 Å². The first-order valence-electron chi connectivity index (χ1n) is 5.50. The summed E-state index contributed by atoms with van der Waals surface area (Å²) in [5.41, 5.74) is 0.766. The Morgan fingerprint density at radius 3 is 3.00 bits per heavy atom. The van der Waals surface area contributed by atoms with Crippen molar-refractivity contribution < 1.29 is 13.2 Å². The third-order valence-electron chi connectivity index (χ3n) is 2.77. The molecule has 2 rings (SSSR count). The van der Waals surface area contributed by atoms with E-state index in [4.69, 9.17) is 4.74 Å². The number of benzene rings is 1. The summed E-state index contributed by atoms with van der Waals surface area (Å²) in [6, 6.07) is 7.83. The summed E-state index contributed by atoms with van der Waals surface area (Å²) >= 11 is 0. The molecule has 0 fully saturated rings. The van der Waals surface area contributed by atoms with Gasteiger partial charge in [-0.1, -0.05) is 12.1 Å². The van der Waals surface area contributed by atoms with Crippen molar-refractivity contribution in [1.29, 1.82) is 0 Å². The van der Waals surface area contributed by atoms with Crippen molar-refractivity contribution in [3.05, 3.63) is 29.8 Å². The van der Waals surface area contributed by atoms with Crippen LogP contribution in [-0.2, 0) is 14.6 Å². The molecule has 0 amide bonds. The molecule has 0 saturated carbocycles. The maximum atomic E-state index is 11.9. The zero-order valence-corrected chi connectivity index (χ0v) is 10.8. The van der Waals surface area contributed by atoms with Crippen LogP contribution in [0.3, 0.4) is 0 Å². The summed E-state index contributed by atoms with van der Waals surface area (Å²) in [6.45, 7) is 1.32. The zero-order chi connectivity index (χ0) is 12.5. The Kier molecular flexibility index (Phi) is 3.51. The third kappa shape index (κ3) is 2.68. The minimum absolute atomic E-state index is 0.0492. The van der Waals surface area contributed by atoms with Crippen LogP contribution >= 0.6 is 0 Å². The fraction of sp³-hybridized carbons (Fsp3) is 0.500. The van der Waals surface area contributed by atoms with Crippen LogP contribution in [0.2, 0.25) is 0 Å². The number of hydrogen-bond donors (Lipinski definition) is 0. The van der Waals surface area contributed by atoms with Crippen LogP contribution in [0.15, 0.2) is 23.1 Å². The Hall–Kier alpha value is -0.910. The van der Waals surface area contributed by atoms with Crippen molar-refractivity contribution >= 4 is 9.84 Å². The fourth-order valence-corrected chi connectivity index (χ4v) is 3.52. The second kappa shape index (κ2) is 4.76. The maximum absolute atomic E-state index is 11.9. The summed E-state index contributed by atoms with van der Waals surface area (Å²) in [6.07, 6.45) is -0.329. The number of nitrogens with zero attached hydrogens (tertiary/aromatic N) is 1. The van der Waals surface area contributed by atoms with Crippen LogP contribution in [0.5, 0.6) is 0 Å². The number of rotatable bonds is 4. The average Bonchev–Trinajstić information content (AvgIpc) is 2.51. The van der Waals surface area contributed by atoms with Gasteiger partial charge in [0, 0.05) is 12.1 Å². The topological polar surface area (TPSA) is 46.6 Å². The Morgan fingerprint density at radius 1 is 1.53 bits per heavy atom. The summed E-state index contributed by atoms with van der Waals surface area (Å²) in [7, 11) is 0.737. The predicted molar refractivity (Wildman–Crippen MR) is 64.6 cm³/mol. The fourth-order valence-electron chi connectivity index (χ4n) is 1.86.